The summed E-state index contributed by atoms with van der Waals surface area (Å²) < 4.78 is 10.7. The summed E-state index contributed by atoms with van der Waals surface area (Å²) in [6, 6.07) is 6.22. The molecule has 0 aliphatic carbocycles. The average molecular weight is 251 g/mol. The largest absolute Gasteiger partial charge is 0.489 e. The van der Waals surface area contributed by atoms with Crippen molar-refractivity contribution in [3.63, 3.8) is 0 Å². The lowest BCUT2D eigenvalue weighted by Gasteiger charge is -2.21. The second kappa shape index (κ2) is 6.64. The van der Waals surface area contributed by atoms with Crippen molar-refractivity contribution < 1.29 is 9.47 Å². The van der Waals surface area contributed by atoms with Gasteiger partial charge in [0, 0.05) is 13.7 Å². The minimum Gasteiger partial charge on any atom is -0.489 e. The lowest BCUT2D eigenvalue weighted by Crippen LogP contribution is -2.19. The highest BCUT2D eigenvalue weighted by atomic mass is 16.5. The van der Waals surface area contributed by atoms with Gasteiger partial charge in [0.25, 0.3) is 0 Å². The van der Waals surface area contributed by atoms with Gasteiger partial charge in [-0.3, -0.25) is 0 Å². The third-order valence-electron chi connectivity index (χ3n) is 2.49. The third-order valence-corrected chi connectivity index (χ3v) is 2.49. The molecule has 0 radical (unpaired) electrons. The number of ether oxygens (including phenoxy) is 2. The summed E-state index contributed by atoms with van der Waals surface area (Å²) in [5, 5.41) is 3.44. The molecule has 0 unspecified atom stereocenters. The highest BCUT2D eigenvalue weighted by Crippen LogP contribution is 2.27. The van der Waals surface area contributed by atoms with Crippen LogP contribution >= 0.6 is 0 Å². The Balaban J connectivity index is 2.70. The summed E-state index contributed by atoms with van der Waals surface area (Å²) in [5.41, 5.74) is 2.49. The van der Waals surface area contributed by atoms with Crippen LogP contribution in [0.3, 0.4) is 0 Å². The van der Waals surface area contributed by atoms with Crippen LogP contribution in [0.25, 0.3) is 0 Å². The zero-order chi connectivity index (χ0) is 13.6. The summed E-state index contributed by atoms with van der Waals surface area (Å²) >= 11 is 0. The maximum atomic E-state index is 5.74. The van der Waals surface area contributed by atoms with Gasteiger partial charge in [-0.15, -0.1) is 0 Å². The van der Waals surface area contributed by atoms with Crippen LogP contribution in [0.5, 0.6) is 5.75 Å². The lowest BCUT2D eigenvalue weighted by molar-refractivity contribution is 0.146. The number of rotatable bonds is 6. The molecule has 0 aliphatic heterocycles. The molecular weight excluding hydrogens is 226 g/mol. The van der Waals surface area contributed by atoms with Crippen LogP contribution in [0, 0.1) is 12.3 Å². The molecule has 0 amide bonds. The van der Waals surface area contributed by atoms with E-state index in [1.54, 1.807) is 7.11 Å². The SMILES string of the molecule is COCCOc1cc(C)ccc1NCC(C)(C)C. The Bertz CT molecular complexity index is 369. The monoisotopic (exact) mass is 251 g/mol. The van der Waals surface area contributed by atoms with Crippen LogP contribution in [0.2, 0.25) is 0 Å². The van der Waals surface area contributed by atoms with Crippen LogP contribution < -0.4 is 10.1 Å². The van der Waals surface area contributed by atoms with E-state index in [2.05, 4.69) is 51.2 Å². The molecule has 1 aromatic rings. The van der Waals surface area contributed by atoms with Crippen LogP contribution in [-0.4, -0.2) is 26.9 Å². The van der Waals surface area contributed by atoms with Gasteiger partial charge in [0.15, 0.2) is 0 Å². The first-order valence-electron chi connectivity index (χ1n) is 6.38. The Morgan fingerprint density at radius 1 is 1.17 bits per heavy atom. The van der Waals surface area contributed by atoms with E-state index >= 15 is 0 Å². The molecule has 1 aromatic carbocycles. The van der Waals surface area contributed by atoms with Crippen molar-refractivity contribution >= 4 is 5.69 Å². The van der Waals surface area contributed by atoms with Gasteiger partial charge in [0.1, 0.15) is 12.4 Å². The van der Waals surface area contributed by atoms with E-state index in [4.69, 9.17) is 9.47 Å². The zero-order valence-electron chi connectivity index (χ0n) is 12.2. The summed E-state index contributed by atoms with van der Waals surface area (Å²) in [6.45, 7) is 10.8. The van der Waals surface area contributed by atoms with E-state index in [0.29, 0.717) is 13.2 Å². The summed E-state index contributed by atoms with van der Waals surface area (Å²) in [7, 11) is 1.68. The van der Waals surface area contributed by atoms with E-state index < -0.39 is 0 Å². The normalized spacial score (nSPS) is 11.4. The highest BCUT2D eigenvalue weighted by Gasteiger charge is 2.11. The fourth-order valence-corrected chi connectivity index (χ4v) is 1.49. The number of methoxy groups -OCH3 is 1. The van der Waals surface area contributed by atoms with Crippen LogP contribution in [0.1, 0.15) is 26.3 Å². The number of hydrogen-bond acceptors (Lipinski definition) is 3. The molecule has 1 N–H and O–H groups in total. The Morgan fingerprint density at radius 2 is 1.89 bits per heavy atom. The fraction of sp³-hybridized carbons (Fsp3) is 0.600. The minimum absolute atomic E-state index is 0.245. The lowest BCUT2D eigenvalue weighted by atomic mass is 9.97. The van der Waals surface area contributed by atoms with Crippen molar-refractivity contribution in [1.29, 1.82) is 0 Å². The second-order valence-electron chi connectivity index (χ2n) is 5.76. The summed E-state index contributed by atoms with van der Waals surface area (Å²) in [6.07, 6.45) is 0. The first-order chi connectivity index (χ1) is 8.42. The Morgan fingerprint density at radius 3 is 2.50 bits per heavy atom. The second-order valence-corrected chi connectivity index (χ2v) is 5.76. The maximum absolute atomic E-state index is 5.74. The van der Waals surface area contributed by atoms with Crippen molar-refractivity contribution in [1.82, 2.24) is 0 Å². The van der Waals surface area contributed by atoms with Gasteiger partial charge in [0.2, 0.25) is 0 Å². The van der Waals surface area contributed by atoms with Gasteiger partial charge in [0.05, 0.1) is 12.3 Å². The number of benzene rings is 1. The maximum Gasteiger partial charge on any atom is 0.142 e. The molecule has 3 nitrogen and oxygen atoms in total. The molecule has 0 fully saturated rings. The predicted octanol–water partition coefficient (Wildman–Crippen LogP) is 3.48. The molecule has 0 aromatic heterocycles. The number of aryl methyl sites for hydroxylation is 1. The van der Waals surface area contributed by atoms with Gasteiger partial charge in [-0.2, -0.15) is 0 Å². The molecule has 18 heavy (non-hydrogen) atoms. The van der Waals surface area contributed by atoms with Crippen molar-refractivity contribution in [3.05, 3.63) is 23.8 Å². The molecule has 0 saturated heterocycles. The van der Waals surface area contributed by atoms with Gasteiger partial charge in [-0.1, -0.05) is 26.8 Å². The number of hydrogen-bond donors (Lipinski definition) is 1. The molecule has 0 heterocycles. The van der Waals surface area contributed by atoms with Crippen LogP contribution in [0.4, 0.5) is 5.69 Å². The van der Waals surface area contributed by atoms with E-state index in [-0.39, 0.29) is 5.41 Å². The number of anilines is 1. The molecule has 0 spiro atoms. The van der Waals surface area contributed by atoms with Crippen LogP contribution in [-0.2, 0) is 4.74 Å². The molecule has 0 saturated carbocycles. The van der Waals surface area contributed by atoms with Crippen molar-refractivity contribution in [3.8, 4) is 5.75 Å². The zero-order valence-corrected chi connectivity index (χ0v) is 12.2. The topological polar surface area (TPSA) is 30.5 Å². The van der Waals surface area contributed by atoms with Crippen molar-refractivity contribution in [2.45, 2.75) is 27.7 Å². The van der Waals surface area contributed by atoms with Crippen LogP contribution in [0.15, 0.2) is 18.2 Å². The van der Waals surface area contributed by atoms with E-state index in [1.165, 1.54) is 5.56 Å². The summed E-state index contributed by atoms with van der Waals surface area (Å²) in [5.74, 6) is 0.899. The Labute approximate surface area is 110 Å². The molecule has 0 atom stereocenters. The van der Waals surface area contributed by atoms with Crippen molar-refractivity contribution in [2.75, 3.05) is 32.2 Å². The van der Waals surface area contributed by atoms with Gasteiger partial charge in [-0.05, 0) is 30.0 Å². The first-order valence-corrected chi connectivity index (χ1v) is 6.38. The first kappa shape index (κ1) is 14.8. The Kier molecular flexibility index (Phi) is 5.48. The molecule has 0 bridgehead atoms. The van der Waals surface area contributed by atoms with Gasteiger partial charge in [-0.25, -0.2) is 0 Å². The standard InChI is InChI=1S/C15H25NO2/c1-12-6-7-13(16-11-15(2,3)4)14(10-12)18-9-8-17-5/h6-7,10,16H,8-9,11H2,1-5H3. The molecule has 0 aliphatic rings. The predicted molar refractivity (Wildman–Crippen MR) is 76.5 cm³/mol. The van der Waals surface area contributed by atoms with Gasteiger partial charge >= 0.3 is 0 Å². The molecule has 1 rings (SSSR count). The fourth-order valence-electron chi connectivity index (χ4n) is 1.49. The number of nitrogens with one attached hydrogen (secondary N) is 1. The smallest absolute Gasteiger partial charge is 0.142 e. The molecular formula is C15H25NO2. The van der Waals surface area contributed by atoms with Gasteiger partial charge < -0.3 is 14.8 Å². The average Bonchev–Trinajstić information content (AvgIpc) is 2.27. The quantitative estimate of drug-likeness (QED) is 0.785. The van der Waals surface area contributed by atoms with E-state index in [0.717, 1.165) is 18.0 Å². The van der Waals surface area contributed by atoms with Crippen molar-refractivity contribution in [2.24, 2.45) is 5.41 Å². The highest BCUT2D eigenvalue weighted by molar-refractivity contribution is 5.57. The third kappa shape index (κ3) is 5.41. The Hall–Kier alpha value is -1.22. The minimum atomic E-state index is 0.245. The molecule has 3 heteroatoms. The summed E-state index contributed by atoms with van der Waals surface area (Å²) in [4.78, 5) is 0. The molecule has 102 valence electrons. The van der Waals surface area contributed by atoms with E-state index in [9.17, 15) is 0 Å². The van der Waals surface area contributed by atoms with E-state index in [1.807, 2.05) is 0 Å².